The molecule has 2 atom stereocenters. The molecule has 3 N–H and O–H groups in total. The van der Waals surface area contributed by atoms with Crippen molar-refractivity contribution in [3.63, 3.8) is 0 Å². The quantitative estimate of drug-likeness (QED) is 0.297. The van der Waals surface area contributed by atoms with Crippen molar-refractivity contribution in [1.82, 2.24) is 5.43 Å². The molecule has 0 saturated heterocycles. The average Bonchev–Trinajstić information content (AvgIpc) is 1.84. The lowest BCUT2D eigenvalue weighted by atomic mass is 9.74. The first kappa shape index (κ1) is 6.55. The SMILES string of the molecule is C[C@H]1CC[C@@H]1C(=O)NN. The number of carbonyl (C=O) groups is 1. The van der Waals surface area contributed by atoms with Crippen molar-refractivity contribution in [3.8, 4) is 0 Å². The van der Waals surface area contributed by atoms with Gasteiger partial charge in [0.15, 0.2) is 0 Å². The number of amides is 1. The Morgan fingerprint density at radius 3 is 2.44 bits per heavy atom. The van der Waals surface area contributed by atoms with E-state index in [-0.39, 0.29) is 11.8 Å². The summed E-state index contributed by atoms with van der Waals surface area (Å²) in [5.41, 5.74) is 2.16. The highest BCUT2D eigenvalue weighted by atomic mass is 16.2. The maximum Gasteiger partial charge on any atom is 0.237 e. The zero-order valence-corrected chi connectivity index (χ0v) is 5.55. The summed E-state index contributed by atoms with van der Waals surface area (Å²) in [6.45, 7) is 2.07. The molecule has 0 aliphatic heterocycles. The predicted molar refractivity (Wildman–Crippen MR) is 34.2 cm³/mol. The second-order valence-corrected chi connectivity index (χ2v) is 2.67. The van der Waals surface area contributed by atoms with E-state index in [1.54, 1.807) is 0 Å². The number of hydrazine groups is 1. The number of nitrogens with one attached hydrogen (secondary N) is 1. The molecular weight excluding hydrogens is 116 g/mol. The Labute approximate surface area is 54.6 Å². The van der Waals surface area contributed by atoms with Crippen LogP contribution in [0, 0.1) is 11.8 Å². The highest BCUT2D eigenvalue weighted by molar-refractivity contribution is 5.79. The lowest BCUT2D eigenvalue weighted by molar-refractivity contribution is -0.129. The Bertz CT molecular complexity index is 124. The van der Waals surface area contributed by atoms with Crippen molar-refractivity contribution in [1.29, 1.82) is 0 Å². The van der Waals surface area contributed by atoms with Gasteiger partial charge in [-0.1, -0.05) is 6.92 Å². The lowest BCUT2D eigenvalue weighted by Gasteiger charge is -2.31. The number of carbonyl (C=O) groups excluding carboxylic acids is 1. The minimum absolute atomic E-state index is 0.00579. The third-order valence-corrected chi connectivity index (χ3v) is 2.10. The van der Waals surface area contributed by atoms with Crippen LogP contribution in [0.4, 0.5) is 0 Å². The van der Waals surface area contributed by atoms with E-state index < -0.39 is 0 Å². The van der Waals surface area contributed by atoms with Crippen LogP contribution in [0.3, 0.4) is 0 Å². The first-order valence-corrected chi connectivity index (χ1v) is 3.26. The summed E-state index contributed by atoms with van der Waals surface area (Å²) in [4.78, 5) is 10.8. The average molecular weight is 128 g/mol. The fraction of sp³-hybridized carbons (Fsp3) is 0.833. The smallest absolute Gasteiger partial charge is 0.237 e. The van der Waals surface area contributed by atoms with Crippen molar-refractivity contribution in [2.24, 2.45) is 17.7 Å². The molecule has 0 unspecified atom stereocenters. The first-order chi connectivity index (χ1) is 4.25. The fourth-order valence-electron chi connectivity index (χ4n) is 1.16. The molecule has 0 aromatic heterocycles. The summed E-state index contributed by atoms with van der Waals surface area (Å²) in [7, 11) is 0. The maximum absolute atomic E-state index is 10.8. The van der Waals surface area contributed by atoms with Gasteiger partial charge in [-0.2, -0.15) is 0 Å². The monoisotopic (exact) mass is 128 g/mol. The van der Waals surface area contributed by atoms with Gasteiger partial charge >= 0.3 is 0 Å². The van der Waals surface area contributed by atoms with Crippen LogP contribution >= 0.6 is 0 Å². The Balaban J connectivity index is 2.35. The third-order valence-electron chi connectivity index (χ3n) is 2.10. The number of rotatable bonds is 1. The zero-order valence-electron chi connectivity index (χ0n) is 5.55. The molecule has 52 valence electrons. The van der Waals surface area contributed by atoms with E-state index in [1.807, 2.05) is 0 Å². The van der Waals surface area contributed by atoms with Crippen molar-refractivity contribution in [2.45, 2.75) is 19.8 Å². The minimum Gasteiger partial charge on any atom is -0.294 e. The van der Waals surface area contributed by atoms with Crippen LogP contribution in [0.25, 0.3) is 0 Å². The molecule has 0 heterocycles. The molecule has 3 heteroatoms. The van der Waals surface area contributed by atoms with Gasteiger partial charge in [0.25, 0.3) is 0 Å². The van der Waals surface area contributed by atoms with E-state index in [9.17, 15) is 4.79 Å². The second-order valence-electron chi connectivity index (χ2n) is 2.67. The summed E-state index contributed by atoms with van der Waals surface area (Å²) in [6.07, 6.45) is 2.17. The van der Waals surface area contributed by atoms with E-state index in [1.165, 1.54) is 0 Å². The van der Waals surface area contributed by atoms with Gasteiger partial charge in [-0.05, 0) is 18.8 Å². The standard InChI is InChI=1S/C6H12N2O/c1-4-2-3-5(4)6(9)8-7/h4-5H,2-3,7H2,1H3,(H,8,9)/t4-,5-/m0/s1. The topological polar surface area (TPSA) is 55.1 Å². The highest BCUT2D eigenvalue weighted by Crippen LogP contribution is 2.33. The van der Waals surface area contributed by atoms with E-state index in [2.05, 4.69) is 12.3 Å². The molecule has 1 rings (SSSR count). The van der Waals surface area contributed by atoms with Gasteiger partial charge in [0.05, 0.1) is 0 Å². The molecule has 1 aliphatic rings. The maximum atomic E-state index is 10.8. The van der Waals surface area contributed by atoms with Crippen LogP contribution in [0.1, 0.15) is 19.8 Å². The van der Waals surface area contributed by atoms with Crippen molar-refractivity contribution < 1.29 is 4.79 Å². The minimum atomic E-state index is -0.00579. The third kappa shape index (κ3) is 1.05. The molecule has 0 aromatic carbocycles. The van der Waals surface area contributed by atoms with E-state index in [0.29, 0.717) is 5.92 Å². The Kier molecular flexibility index (Phi) is 1.71. The largest absolute Gasteiger partial charge is 0.294 e. The summed E-state index contributed by atoms with van der Waals surface area (Å²) in [6, 6.07) is 0. The van der Waals surface area contributed by atoms with Gasteiger partial charge in [-0.15, -0.1) is 0 Å². The second kappa shape index (κ2) is 2.35. The molecule has 1 aliphatic carbocycles. The molecule has 3 nitrogen and oxygen atoms in total. The molecule has 0 aromatic rings. The van der Waals surface area contributed by atoms with Crippen molar-refractivity contribution in [3.05, 3.63) is 0 Å². The Hall–Kier alpha value is -0.570. The van der Waals surface area contributed by atoms with E-state index in [4.69, 9.17) is 5.84 Å². The molecule has 0 radical (unpaired) electrons. The van der Waals surface area contributed by atoms with Crippen LogP contribution in [0.5, 0.6) is 0 Å². The molecule has 1 amide bonds. The first-order valence-electron chi connectivity index (χ1n) is 3.26. The van der Waals surface area contributed by atoms with Crippen LogP contribution in [-0.2, 0) is 4.79 Å². The lowest BCUT2D eigenvalue weighted by Crippen LogP contribution is -2.42. The van der Waals surface area contributed by atoms with Crippen LogP contribution in [0.2, 0.25) is 0 Å². The Morgan fingerprint density at radius 1 is 1.67 bits per heavy atom. The molecule has 0 spiro atoms. The Morgan fingerprint density at radius 2 is 2.33 bits per heavy atom. The van der Waals surface area contributed by atoms with Gasteiger partial charge in [-0.25, -0.2) is 5.84 Å². The van der Waals surface area contributed by atoms with Gasteiger partial charge in [0.2, 0.25) is 5.91 Å². The predicted octanol–water partition coefficient (Wildman–Crippen LogP) is 0.0224. The van der Waals surface area contributed by atoms with Crippen LogP contribution < -0.4 is 11.3 Å². The van der Waals surface area contributed by atoms with Gasteiger partial charge in [0.1, 0.15) is 0 Å². The zero-order chi connectivity index (χ0) is 6.85. The highest BCUT2D eigenvalue weighted by Gasteiger charge is 2.32. The summed E-state index contributed by atoms with van der Waals surface area (Å²) < 4.78 is 0. The molecule has 9 heavy (non-hydrogen) atoms. The van der Waals surface area contributed by atoms with Gasteiger partial charge in [0, 0.05) is 5.92 Å². The van der Waals surface area contributed by atoms with Gasteiger partial charge in [-0.3, -0.25) is 10.2 Å². The molecule has 1 saturated carbocycles. The van der Waals surface area contributed by atoms with Crippen LogP contribution in [-0.4, -0.2) is 5.91 Å². The van der Waals surface area contributed by atoms with Gasteiger partial charge < -0.3 is 0 Å². The number of hydrogen-bond donors (Lipinski definition) is 2. The molecular formula is C6H12N2O. The number of nitrogens with two attached hydrogens (primary N) is 1. The normalized spacial score (nSPS) is 33.1. The van der Waals surface area contributed by atoms with E-state index in [0.717, 1.165) is 12.8 Å². The fourth-order valence-corrected chi connectivity index (χ4v) is 1.16. The van der Waals surface area contributed by atoms with Crippen molar-refractivity contribution >= 4 is 5.91 Å². The number of hydrogen-bond acceptors (Lipinski definition) is 2. The van der Waals surface area contributed by atoms with E-state index >= 15 is 0 Å². The molecule has 1 fully saturated rings. The summed E-state index contributed by atoms with van der Waals surface area (Å²) in [5, 5.41) is 0. The summed E-state index contributed by atoms with van der Waals surface area (Å²) in [5.74, 6) is 5.66. The van der Waals surface area contributed by atoms with Crippen LogP contribution in [0.15, 0.2) is 0 Å². The molecule has 0 bridgehead atoms. The van der Waals surface area contributed by atoms with Crippen molar-refractivity contribution in [2.75, 3.05) is 0 Å². The summed E-state index contributed by atoms with van der Waals surface area (Å²) >= 11 is 0.